The number of oxazole rings is 1. The van der Waals surface area contributed by atoms with Crippen molar-refractivity contribution < 1.29 is 14.3 Å². The van der Waals surface area contributed by atoms with Crippen LogP contribution in [-0.2, 0) is 11.2 Å². The van der Waals surface area contributed by atoms with E-state index in [4.69, 9.17) is 4.42 Å². The van der Waals surface area contributed by atoms with Gasteiger partial charge in [0, 0.05) is 0 Å². The molecule has 22 heavy (non-hydrogen) atoms. The van der Waals surface area contributed by atoms with E-state index in [9.17, 15) is 14.7 Å². The lowest BCUT2D eigenvalue weighted by atomic mass is 10.0. The molecule has 0 fully saturated rings. The van der Waals surface area contributed by atoms with Crippen molar-refractivity contribution in [2.24, 2.45) is 0 Å². The second-order valence-corrected chi connectivity index (χ2v) is 5.08. The van der Waals surface area contributed by atoms with Crippen LogP contribution in [0.3, 0.4) is 0 Å². The van der Waals surface area contributed by atoms with Crippen LogP contribution < -0.4 is 5.76 Å². The number of carboxylic acid groups (broad SMARTS) is 1. The first-order chi connectivity index (χ1) is 10.7. The van der Waals surface area contributed by atoms with E-state index in [1.165, 1.54) is 4.57 Å². The Kier molecular flexibility index (Phi) is 3.78. The summed E-state index contributed by atoms with van der Waals surface area (Å²) in [5, 5.41) is 9.51. The highest BCUT2D eigenvalue weighted by atomic mass is 16.4. The van der Waals surface area contributed by atoms with Crippen LogP contribution in [0.1, 0.15) is 18.0 Å². The van der Waals surface area contributed by atoms with Crippen LogP contribution in [0.2, 0.25) is 0 Å². The fourth-order valence-corrected chi connectivity index (χ4v) is 2.59. The van der Waals surface area contributed by atoms with Gasteiger partial charge in [0.2, 0.25) is 0 Å². The highest BCUT2D eigenvalue weighted by molar-refractivity contribution is 5.78. The molecule has 0 aliphatic rings. The third-order valence-corrected chi connectivity index (χ3v) is 3.66. The van der Waals surface area contributed by atoms with Gasteiger partial charge >= 0.3 is 11.7 Å². The number of para-hydroxylation sites is 2. The number of rotatable bonds is 5. The molecule has 0 radical (unpaired) electrons. The van der Waals surface area contributed by atoms with Gasteiger partial charge in [0.15, 0.2) is 5.58 Å². The molecule has 0 aliphatic carbocycles. The number of aromatic nitrogens is 1. The summed E-state index contributed by atoms with van der Waals surface area (Å²) in [5.41, 5.74) is 1.95. The summed E-state index contributed by atoms with van der Waals surface area (Å²) >= 11 is 0. The van der Waals surface area contributed by atoms with Crippen LogP contribution in [0.15, 0.2) is 63.8 Å². The molecule has 0 bridgehead atoms. The molecule has 0 spiro atoms. The topological polar surface area (TPSA) is 72.4 Å². The number of carboxylic acids is 1. The molecule has 2 aromatic carbocycles. The third kappa shape index (κ3) is 2.65. The van der Waals surface area contributed by atoms with Crippen LogP contribution in [-0.4, -0.2) is 15.6 Å². The summed E-state index contributed by atoms with van der Waals surface area (Å²) in [7, 11) is 0. The minimum atomic E-state index is -1.04. The molecule has 5 heteroatoms. The van der Waals surface area contributed by atoms with Crippen LogP contribution >= 0.6 is 0 Å². The van der Waals surface area contributed by atoms with Crippen LogP contribution in [0.4, 0.5) is 0 Å². The molecule has 0 saturated carbocycles. The molecule has 0 saturated heterocycles. The van der Waals surface area contributed by atoms with Gasteiger partial charge in [0.05, 0.1) is 5.52 Å². The maximum atomic E-state index is 12.0. The van der Waals surface area contributed by atoms with Crippen molar-refractivity contribution in [3.8, 4) is 0 Å². The largest absolute Gasteiger partial charge is 0.480 e. The zero-order chi connectivity index (χ0) is 15.5. The lowest BCUT2D eigenvalue weighted by molar-refractivity contribution is -0.141. The molecule has 1 N–H and O–H groups in total. The zero-order valence-electron chi connectivity index (χ0n) is 11.8. The normalized spacial score (nSPS) is 12.4. The number of hydrogen-bond acceptors (Lipinski definition) is 3. The van der Waals surface area contributed by atoms with Gasteiger partial charge in [-0.25, -0.2) is 9.59 Å². The van der Waals surface area contributed by atoms with Gasteiger partial charge in [-0.2, -0.15) is 0 Å². The molecular weight excluding hydrogens is 282 g/mol. The van der Waals surface area contributed by atoms with Crippen molar-refractivity contribution in [2.45, 2.75) is 18.9 Å². The van der Waals surface area contributed by atoms with Crippen LogP contribution in [0.5, 0.6) is 0 Å². The lowest BCUT2D eigenvalue weighted by Crippen LogP contribution is -2.27. The number of nitrogens with zero attached hydrogens (tertiary/aromatic N) is 1. The van der Waals surface area contributed by atoms with Crippen molar-refractivity contribution in [1.29, 1.82) is 0 Å². The van der Waals surface area contributed by atoms with E-state index in [2.05, 4.69) is 0 Å². The second kappa shape index (κ2) is 5.89. The predicted octanol–water partition coefficient (Wildman–Crippen LogP) is 2.85. The number of aryl methyl sites for hydroxylation is 1. The Morgan fingerprint density at radius 1 is 1.09 bits per heavy atom. The molecule has 1 heterocycles. The average Bonchev–Trinajstić information content (AvgIpc) is 2.85. The van der Waals surface area contributed by atoms with Crippen molar-refractivity contribution in [2.75, 3.05) is 0 Å². The molecule has 112 valence electrons. The molecule has 0 amide bonds. The monoisotopic (exact) mass is 297 g/mol. The van der Waals surface area contributed by atoms with Crippen LogP contribution in [0, 0.1) is 0 Å². The zero-order valence-corrected chi connectivity index (χ0v) is 11.8. The summed E-state index contributed by atoms with van der Waals surface area (Å²) < 4.78 is 6.35. The molecule has 3 aromatic rings. The molecule has 5 nitrogen and oxygen atoms in total. The Morgan fingerprint density at radius 2 is 1.77 bits per heavy atom. The fourth-order valence-electron chi connectivity index (χ4n) is 2.59. The molecular formula is C17H15NO4. The summed E-state index contributed by atoms with van der Waals surface area (Å²) in [4.78, 5) is 23.6. The molecule has 1 unspecified atom stereocenters. The number of carbonyl (C=O) groups is 1. The Morgan fingerprint density at radius 3 is 2.50 bits per heavy atom. The Balaban J connectivity index is 1.95. The Bertz CT molecular complexity index is 848. The van der Waals surface area contributed by atoms with Gasteiger partial charge < -0.3 is 9.52 Å². The Labute approximate surface area is 126 Å². The van der Waals surface area contributed by atoms with Crippen molar-refractivity contribution >= 4 is 17.1 Å². The van der Waals surface area contributed by atoms with Crippen molar-refractivity contribution in [3.05, 3.63) is 70.7 Å². The van der Waals surface area contributed by atoms with Gasteiger partial charge in [-0.1, -0.05) is 42.5 Å². The van der Waals surface area contributed by atoms with Gasteiger partial charge in [-0.05, 0) is 30.5 Å². The molecule has 1 aromatic heterocycles. The van der Waals surface area contributed by atoms with E-state index in [-0.39, 0.29) is 0 Å². The van der Waals surface area contributed by atoms with Crippen molar-refractivity contribution in [3.63, 3.8) is 0 Å². The third-order valence-electron chi connectivity index (χ3n) is 3.66. The maximum absolute atomic E-state index is 12.0. The molecule has 3 rings (SSSR count). The number of fused-ring (bicyclic) bond motifs is 1. The van der Waals surface area contributed by atoms with Gasteiger partial charge in [0.25, 0.3) is 0 Å². The van der Waals surface area contributed by atoms with E-state index in [0.717, 1.165) is 5.56 Å². The highest BCUT2D eigenvalue weighted by Gasteiger charge is 2.24. The van der Waals surface area contributed by atoms with Crippen LogP contribution in [0.25, 0.3) is 11.1 Å². The minimum absolute atomic E-state index is 0.322. The summed E-state index contributed by atoms with van der Waals surface area (Å²) in [6.07, 6.45) is 0.895. The predicted molar refractivity (Wildman–Crippen MR) is 81.9 cm³/mol. The smallest absolute Gasteiger partial charge is 0.420 e. The van der Waals surface area contributed by atoms with Gasteiger partial charge in [-0.15, -0.1) is 0 Å². The summed E-state index contributed by atoms with van der Waals surface area (Å²) in [6.45, 7) is 0. The summed E-state index contributed by atoms with van der Waals surface area (Å²) in [5.74, 6) is -1.67. The quantitative estimate of drug-likeness (QED) is 0.786. The van der Waals surface area contributed by atoms with E-state index < -0.39 is 17.8 Å². The SMILES string of the molecule is O=C(O)C(CCc1ccccc1)n1c(=O)oc2ccccc21. The number of hydrogen-bond donors (Lipinski definition) is 1. The fraction of sp³-hybridized carbons (Fsp3) is 0.176. The lowest BCUT2D eigenvalue weighted by Gasteiger charge is -2.13. The first-order valence-corrected chi connectivity index (χ1v) is 7.03. The minimum Gasteiger partial charge on any atom is -0.480 e. The number of aliphatic carboxylic acids is 1. The first-order valence-electron chi connectivity index (χ1n) is 7.03. The molecule has 0 aliphatic heterocycles. The highest BCUT2D eigenvalue weighted by Crippen LogP contribution is 2.21. The second-order valence-electron chi connectivity index (χ2n) is 5.08. The van der Waals surface area contributed by atoms with Crippen molar-refractivity contribution in [1.82, 2.24) is 4.57 Å². The standard InChI is InChI=1S/C17H15NO4/c19-16(20)14(11-10-12-6-2-1-3-7-12)18-13-8-4-5-9-15(13)22-17(18)21/h1-9,14H,10-11H2,(H,19,20). The van der Waals surface area contributed by atoms with E-state index >= 15 is 0 Å². The van der Waals surface area contributed by atoms with Gasteiger partial charge in [-0.3, -0.25) is 4.57 Å². The Hall–Kier alpha value is -2.82. The summed E-state index contributed by atoms with van der Waals surface area (Å²) in [6, 6.07) is 15.5. The van der Waals surface area contributed by atoms with E-state index in [1.807, 2.05) is 30.3 Å². The average molecular weight is 297 g/mol. The van der Waals surface area contributed by atoms with Gasteiger partial charge in [0.1, 0.15) is 6.04 Å². The van der Waals surface area contributed by atoms with E-state index in [0.29, 0.717) is 23.9 Å². The van der Waals surface area contributed by atoms with E-state index in [1.54, 1.807) is 24.3 Å². The maximum Gasteiger partial charge on any atom is 0.420 e. The molecule has 1 atom stereocenters. The first kappa shape index (κ1) is 14.1. The number of benzene rings is 2.